The number of hydrogen-bond acceptors (Lipinski definition) is 4. The number of likely N-dealkylation sites (N-methyl/N-ethyl adjacent to an activating group) is 1. The van der Waals surface area contributed by atoms with Gasteiger partial charge in [-0.05, 0) is 44.4 Å². The smallest absolute Gasteiger partial charge is 0.244 e. The molecule has 100 valence electrons. The highest BCUT2D eigenvalue weighted by molar-refractivity contribution is 7.10. The highest BCUT2D eigenvalue weighted by Gasteiger charge is 2.28. The largest absolute Gasteiger partial charge is 0.341 e. The van der Waals surface area contributed by atoms with Crippen molar-refractivity contribution in [2.75, 3.05) is 27.2 Å². The first-order chi connectivity index (χ1) is 8.59. The van der Waals surface area contributed by atoms with E-state index in [9.17, 15) is 4.79 Å². The average Bonchev–Trinajstić information content (AvgIpc) is 2.91. The van der Waals surface area contributed by atoms with Crippen molar-refractivity contribution >= 4 is 17.2 Å². The maximum atomic E-state index is 12.3. The van der Waals surface area contributed by atoms with Gasteiger partial charge in [0.2, 0.25) is 5.91 Å². The Morgan fingerprint density at radius 2 is 2.22 bits per heavy atom. The molecule has 2 heterocycles. The molecule has 1 fully saturated rings. The van der Waals surface area contributed by atoms with Crippen molar-refractivity contribution in [3.05, 3.63) is 22.4 Å². The van der Waals surface area contributed by atoms with Crippen LogP contribution in [-0.4, -0.2) is 48.9 Å². The highest BCUT2D eigenvalue weighted by Crippen LogP contribution is 2.21. The minimum absolute atomic E-state index is 0.0343. The van der Waals surface area contributed by atoms with Crippen molar-refractivity contribution in [1.82, 2.24) is 9.80 Å². The number of nitrogens with zero attached hydrogens (tertiary/aromatic N) is 2. The van der Waals surface area contributed by atoms with Crippen molar-refractivity contribution in [3.8, 4) is 0 Å². The Labute approximate surface area is 112 Å². The molecule has 2 rings (SSSR count). The number of nitrogens with two attached hydrogens (primary N) is 1. The van der Waals surface area contributed by atoms with Gasteiger partial charge >= 0.3 is 0 Å². The van der Waals surface area contributed by atoms with Gasteiger partial charge in [0.05, 0.1) is 0 Å². The molecule has 0 aliphatic carbocycles. The van der Waals surface area contributed by atoms with E-state index in [2.05, 4.69) is 11.9 Å². The quantitative estimate of drug-likeness (QED) is 0.898. The third kappa shape index (κ3) is 2.91. The summed E-state index contributed by atoms with van der Waals surface area (Å²) in [4.78, 5) is 17.4. The van der Waals surface area contributed by atoms with E-state index in [0.29, 0.717) is 6.04 Å². The number of carbonyl (C=O) groups is 1. The SMILES string of the molecule is CN1CCC(N(C)C(=O)C(N)c2cccs2)CC1. The Morgan fingerprint density at radius 3 is 2.78 bits per heavy atom. The Morgan fingerprint density at radius 1 is 1.56 bits per heavy atom. The number of rotatable bonds is 3. The van der Waals surface area contributed by atoms with Gasteiger partial charge < -0.3 is 15.5 Å². The second kappa shape index (κ2) is 5.82. The maximum absolute atomic E-state index is 12.3. The summed E-state index contributed by atoms with van der Waals surface area (Å²) in [5, 5.41) is 1.96. The van der Waals surface area contributed by atoms with Crippen LogP contribution in [0, 0.1) is 0 Å². The molecule has 1 unspecified atom stereocenters. The van der Waals surface area contributed by atoms with Crippen molar-refractivity contribution in [1.29, 1.82) is 0 Å². The lowest BCUT2D eigenvalue weighted by atomic mass is 10.0. The molecule has 0 spiro atoms. The van der Waals surface area contributed by atoms with Gasteiger partial charge in [-0.15, -0.1) is 11.3 Å². The van der Waals surface area contributed by atoms with Crippen molar-refractivity contribution in [2.45, 2.75) is 24.9 Å². The fourth-order valence-corrected chi connectivity index (χ4v) is 3.09. The molecule has 0 radical (unpaired) electrons. The molecule has 4 nitrogen and oxygen atoms in total. The fourth-order valence-electron chi connectivity index (χ4n) is 2.37. The van der Waals surface area contributed by atoms with Crippen LogP contribution >= 0.6 is 11.3 Å². The highest BCUT2D eigenvalue weighted by atomic mass is 32.1. The number of thiophene rings is 1. The summed E-state index contributed by atoms with van der Waals surface area (Å²) in [6, 6.07) is 3.69. The molecule has 2 N–H and O–H groups in total. The Hall–Kier alpha value is -0.910. The summed E-state index contributed by atoms with van der Waals surface area (Å²) in [5.41, 5.74) is 6.03. The molecule has 1 saturated heterocycles. The molecule has 0 aromatic carbocycles. The van der Waals surface area contributed by atoms with Gasteiger partial charge in [-0.2, -0.15) is 0 Å². The Kier molecular flexibility index (Phi) is 4.37. The van der Waals surface area contributed by atoms with E-state index in [1.807, 2.05) is 29.5 Å². The lowest BCUT2D eigenvalue weighted by Gasteiger charge is -2.36. The van der Waals surface area contributed by atoms with Crippen LogP contribution in [0.3, 0.4) is 0 Å². The van der Waals surface area contributed by atoms with Crippen LogP contribution in [-0.2, 0) is 4.79 Å². The average molecular weight is 267 g/mol. The van der Waals surface area contributed by atoms with E-state index in [1.54, 1.807) is 11.3 Å². The van der Waals surface area contributed by atoms with Gasteiger partial charge in [0.15, 0.2) is 0 Å². The molecule has 0 saturated carbocycles. The van der Waals surface area contributed by atoms with Crippen LogP contribution in [0.5, 0.6) is 0 Å². The van der Waals surface area contributed by atoms with E-state index in [1.165, 1.54) is 0 Å². The van der Waals surface area contributed by atoms with Crippen molar-refractivity contribution < 1.29 is 4.79 Å². The second-order valence-electron chi connectivity index (χ2n) is 4.98. The molecule has 18 heavy (non-hydrogen) atoms. The Balaban J connectivity index is 1.96. The van der Waals surface area contributed by atoms with Gasteiger partial charge in [-0.1, -0.05) is 6.07 Å². The topological polar surface area (TPSA) is 49.6 Å². The summed E-state index contributed by atoms with van der Waals surface area (Å²) >= 11 is 1.54. The van der Waals surface area contributed by atoms with Crippen molar-refractivity contribution in [3.63, 3.8) is 0 Å². The van der Waals surface area contributed by atoms with E-state index in [4.69, 9.17) is 5.73 Å². The molecular formula is C13H21N3OS. The fraction of sp³-hybridized carbons (Fsp3) is 0.615. The minimum atomic E-state index is -0.505. The lowest BCUT2D eigenvalue weighted by Crippen LogP contribution is -2.47. The van der Waals surface area contributed by atoms with E-state index < -0.39 is 6.04 Å². The van der Waals surface area contributed by atoms with Crippen LogP contribution in [0.4, 0.5) is 0 Å². The summed E-state index contributed by atoms with van der Waals surface area (Å²) in [7, 11) is 4.00. The van der Waals surface area contributed by atoms with Crippen LogP contribution in [0.25, 0.3) is 0 Å². The zero-order chi connectivity index (χ0) is 13.1. The third-order valence-corrected chi connectivity index (χ3v) is 4.65. The first kappa shape index (κ1) is 13.5. The molecule has 1 aliphatic heterocycles. The van der Waals surface area contributed by atoms with Crippen LogP contribution in [0.2, 0.25) is 0 Å². The molecular weight excluding hydrogens is 246 g/mol. The summed E-state index contributed by atoms with van der Waals surface area (Å²) < 4.78 is 0. The van der Waals surface area contributed by atoms with Crippen LogP contribution in [0.15, 0.2) is 17.5 Å². The molecule has 1 aliphatic rings. The monoisotopic (exact) mass is 267 g/mol. The molecule has 1 aromatic heterocycles. The summed E-state index contributed by atoms with van der Waals surface area (Å²) in [5.74, 6) is 0.0343. The van der Waals surface area contributed by atoms with Crippen molar-refractivity contribution in [2.24, 2.45) is 5.73 Å². The molecule has 1 amide bonds. The molecule has 5 heteroatoms. The predicted molar refractivity (Wildman–Crippen MR) is 74.5 cm³/mol. The van der Waals surface area contributed by atoms with Crippen LogP contribution < -0.4 is 5.73 Å². The summed E-state index contributed by atoms with van der Waals surface area (Å²) in [6.07, 6.45) is 2.08. The predicted octanol–water partition coefficient (Wildman–Crippen LogP) is 1.30. The van der Waals surface area contributed by atoms with E-state index >= 15 is 0 Å². The number of piperidine rings is 1. The third-order valence-electron chi connectivity index (χ3n) is 3.70. The second-order valence-corrected chi connectivity index (χ2v) is 5.96. The van der Waals surface area contributed by atoms with Gasteiger partial charge in [-0.3, -0.25) is 4.79 Å². The number of amides is 1. The van der Waals surface area contributed by atoms with Gasteiger partial charge in [0.1, 0.15) is 6.04 Å². The molecule has 0 bridgehead atoms. The standard InChI is InChI=1S/C13H21N3OS/c1-15-7-5-10(6-8-15)16(2)13(17)12(14)11-4-3-9-18-11/h3-4,9-10,12H,5-8,14H2,1-2H3. The van der Waals surface area contributed by atoms with E-state index in [-0.39, 0.29) is 5.91 Å². The van der Waals surface area contributed by atoms with E-state index in [0.717, 1.165) is 30.8 Å². The normalized spacial score (nSPS) is 19.7. The number of hydrogen-bond donors (Lipinski definition) is 1. The molecule has 1 atom stereocenters. The first-order valence-electron chi connectivity index (χ1n) is 6.34. The minimum Gasteiger partial charge on any atom is -0.341 e. The Bertz CT molecular complexity index is 385. The molecule has 1 aromatic rings. The first-order valence-corrected chi connectivity index (χ1v) is 7.21. The summed E-state index contributed by atoms with van der Waals surface area (Å²) in [6.45, 7) is 2.10. The maximum Gasteiger partial charge on any atom is 0.244 e. The number of carbonyl (C=O) groups excluding carboxylic acids is 1. The van der Waals surface area contributed by atoms with Crippen LogP contribution in [0.1, 0.15) is 23.8 Å². The lowest BCUT2D eigenvalue weighted by molar-refractivity contribution is -0.134. The van der Waals surface area contributed by atoms with Gasteiger partial charge in [0, 0.05) is 18.0 Å². The zero-order valence-electron chi connectivity index (χ0n) is 11.0. The number of likely N-dealkylation sites (tertiary alicyclic amines) is 1. The van der Waals surface area contributed by atoms with Gasteiger partial charge in [0.25, 0.3) is 0 Å². The zero-order valence-corrected chi connectivity index (χ0v) is 11.8. The van der Waals surface area contributed by atoms with Gasteiger partial charge in [-0.25, -0.2) is 0 Å².